The van der Waals surface area contributed by atoms with Crippen LogP contribution >= 0.6 is 11.6 Å². The number of tetrazole rings is 1. The van der Waals surface area contributed by atoms with Crippen LogP contribution in [0.2, 0.25) is 5.02 Å². The Kier molecular flexibility index (Phi) is 4.34. The number of ether oxygens (including phenoxy) is 1. The minimum absolute atomic E-state index is 0.416. The molecule has 3 aromatic rings. The largest absolute Gasteiger partial charge is 0.454 e. The molecule has 0 saturated carbocycles. The number of esters is 1. The molecule has 0 radical (unpaired) electrons. The lowest BCUT2D eigenvalue weighted by molar-refractivity contribution is 0.0338. The second-order valence-corrected chi connectivity index (χ2v) is 5.28. The van der Waals surface area contributed by atoms with Crippen molar-refractivity contribution in [3.63, 3.8) is 0 Å². The molecular formula is C16H13ClN4O2. The van der Waals surface area contributed by atoms with Gasteiger partial charge in [-0.2, -0.15) is 0 Å². The third-order valence-corrected chi connectivity index (χ3v) is 3.69. The summed E-state index contributed by atoms with van der Waals surface area (Å²) in [6.45, 7) is 1.79. The van der Waals surface area contributed by atoms with Gasteiger partial charge in [0.2, 0.25) is 0 Å². The Labute approximate surface area is 137 Å². The third kappa shape index (κ3) is 3.37. The van der Waals surface area contributed by atoms with Crippen molar-refractivity contribution >= 4 is 17.6 Å². The van der Waals surface area contributed by atoms with Gasteiger partial charge in [0, 0.05) is 10.6 Å². The van der Waals surface area contributed by atoms with Crippen molar-refractivity contribution < 1.29 is 9.53 Å². The predicted octanol–water partition coefficient (Wildman–Crippen LogP) is 3.23. The molecule has 0 aliphatic carbocycles. The Morgan fingerprint density at radius 3 is 2.57 bits per heavy atom. The van der Waals surface area contributed by atoms with Crippen molar-refractivity contribution in [1.82, 2.24) is 20.2 Å². The average Bonchev–Trinajstić information content (AvgIpc) is 3.09. The standard InChI is InChI=1S/C16H13ClN4O2/c1-11(14-4-2-3-5-15(14)17)23-16(22)12-6-8-13(9-7-12)21-10-18-19-20-21/h2-11H,1H3/t11-/m1/s1. The molecule has 0 aliphatic heterocycles. The van der Waals surface area contributed by atoms with Gasteiger partial charge in [-0.3, -0.25) is 0 Å². The van der Waals surface area contributed by atoms with Crippen LogP contribution in [0.25, 0.3) is 5.69 Å². The van der Waals surface area contributed by atoms with Crippen LogP contribution < -0.4 is 0 Å². The highest BCUT2D eigenvalue weighted by molar-refractivity contribution is 6.31. The minimum Gasteiger partial charge on any atom is -0.454 e. The molecule has 1 aromatic heterocycles. The van der Waals surface area contributed by atoms with E-state index in [9.17, 15) is 4.79 Å². The first kappa shape index (κ1) is 15.2. The molecule has 0 saturated heterocycles. The van der Waals surface area contributed by atoms with Crippen LogP contribution in [-0.2, 0) is 4.74 Å². The second kappa shape index (κ2) is 6.58. The van der Waals surface area contributed by atoms with Gasteiger partial charge in [-0.15, -0.1) is 5.10 Å². The van der Waals surface area contributed by atoms with Gasteiger partial charge < -0.3 is 4.74 Å². The maximum Gasteiger partial charge on any atom is 0.338 e. The molecule has 0 fully saturated rings. The molecule has 1 atom stereocenters. The molecule has 23 heavy (non-hydrogen) atoms. The Balaban J connectivity index is 1.72. The Morgan fingerprint density at radius 1 is 1.17 bits per heavy atom. The van der Waals surface area contributed by atoms with Crippen LogP contribution in [0.4, 0.5) is 0 Å². The number of benzene rings is 2. The summed E-state index contributed by atoms with van der Waals surface area (Å²) in [6, 6.07) is 14.1. The van der Waals surface area contributed by atoms with Crippen molar-refractivity contribution in [2.24, 2.45) is 0 Å². The van der Waals surface area contributed by atoms with Gasteiger partial charge >= 0.3 is 5.97 Å². The number of hydrogen-bond acceptors (Lipinski definition) is 5. The lowest BCUT2D eigenvalue weighted by Gasteiger charge is -2.15. The normalized spacial score (nSPS) is 11.9. The zero-order chi connectivity index (χ0) is 16.2. The van der Waals surface area contributed by atoms with Crippen LogP contribution in [0.5, 0.6) is 0 Å². The molecule has 6 nitrogen and oxygen atoms in total. The lowest BCUT2D eigenvalue weighted by atomic mass is 10.1. The van der Waals surface area contributed by atoms with Gasteiger partial charge in [0.05, 0.1) is 11.3 Å². The minimum atomic E-state index is -0.435. The van der Waals surface area contributed by atoms with Crippen LogP contribution in [0.3, 0.4) is 0 Å². The van der Waals surface area contributed by atoms with E-state index in [2.05, 4.69) is 15.5 Å². The van der Waals surface area contributed by atoms with Gasteiger partial charge in [0.1, 0.15) is 12.4 Å². The van der Waals surface area contributed by atoms with Crippen molar-refractivity contribution in [3.05, 3.63) is 71.0 Å². The van der Waals surface area contributed by atoms with Gasteiger partial charge in [0.25, 0.3) is 0 Å². The van der Waals surface area contributed by atoms with Crippen LogP contribution in [0.1, 0.15) is 28.9 Å². The summed E-state index contributed by atoms with van der Waals surface area (Å²) in [5.41, 5.74) is 1.97. The SMILES string of the molecule is C[C@@H](OC(=O)c1ccc(-n2cnnn2)cc1)c1ccccc1Cl. The zero-order valence-electron chi connectivity index (χ0n) is 12.3. The summed E-state index contributed by atoms with van der Waals surface area (Å²) < 4.78 is 6.96. The highest BCUT2D eigenvalue weighted by atomic mass is 35.5. The van der Waals surface area contributed by atoms with E-state index in [1.54, 1.807) is 37.3 Å². The maximum atomic E-state index is 12.2. The first-order chi connectivity index (χ1) is 11.1. The molecule has 3 rings (SSSR count). The molecule has 7 heteroatoms. The number of hydrogen-bond donors (Lipinski definition) is 0. The van der Waals surface area contributed by atoms with Crippen molar-refractivity contribution in [2.75, 3.05) is 0 Å². The fourth-order valence-corrected chi connectivity index (χ4v) is 2.42. The Hall–Kier alpha value is -2.73. The molecule has 2 aromatic carbocycles. The fourth-order valence-electron chi connectivity index (χ4n) is 2.13. The van der Waals surface area contributed by atoms with Gasteiger partial charge in [0.15, 0.2) is 0 Å². The van der Waals surface area contributed by atoms with E-state index in [0.717, 1.165) is 11.3 Å². The predicted molar refractivity (Wildman–Crippen MR) is 84.4 cm³/mol. The Morgan fingerprint density at radius 2 is 1.91 bits per heavy atom. The molecule has 0 N–H and O–H groups in total. The van der Waals surface area contributed by atoms with E-state index in [0.29, 0.717) is 10.6 Å². The van der Waals surface area contributed by atoms with E-state index in [-0.39, 0.29) is 0 Å². The van der Waals surface area contributed by atoms with Crippen LogP contribution in [0, 0.1) is 0 Å². The van der Waals surface area contributed by atoms with Gasteiger partial charge in [-0.1, -0.05) is 29.8 Å². The molecular weight excluding hydrogens is 316 g/mol. The number of halogens is 1. The highest BCUT2D eigenvalue weighted by Gasteiger charge is 2.16. The topological polar surface area (TPSA) is 69.9 Å². The first-order valence-corrected chi connectivity index (χ1v) is 7.32. The van der Waals surface area contributed by atoms with Gasteiger partial charge in [-0.05, 0) is 47.7 Å². The summed E-state index contributed by atoms with van der Waals surface area (Å²) in [6.07, 6.45) is 1.04. The first-order valence-electron chi connectivity index (χ1n) is 6.94. The molecule has 0 aliphatic rings. The second-order valence-electron chi connectivity index (χ2n) is 4.87. The average molecular weight is 329 g/mol. The monoisotopic (exact) mass is 328 g/mol. The summed E-state index contributed by atoms with van der Waals surface area (Å²) >= 11 is 6.11. The van der Waals surface area contributed by atoms with E-state index in [4.69, 9.17) is 16.3 Å². The van der Waals surface area contributed by atoms with Crippen molar-refractivity contribution in [2.45, 2.75) is 13.0 Å². The van der Waals surface area contributed by atoms with Gasteiger partial charge in [-0.25, -0.2) is 9.48 Å². The third-order valence-electron chi connectivity index (χ3n) is 3.34. The van der Waals surface area contributed by atoms with E-state index < -0.39 is 12.1 Å². The Bertz CT molecular complexity index is 803. The molecule has 1 heterocycles. The molecule has 0 amide bonds. The van der Waals surface area contributed by atoms with E-state index in [1.165, 1.54) is 11.0 Å². The van der Waals surface area contributed by atoms with Crippen LogP contribution in [0.15, 0.2) is 54.9 Å². The summed E-state index contributed by atoms with van der Waals surface area (Å²) in [5, 5.41) is 11.5. The summed E-state index contributed by atoms with van der Waals surface area (Å²) in [4.78, 5) is 12.2. The quantitative estimate of drug-likeness (QED) is 0.688. The smallest absolute Gasteiger partial charge is 0.338 e. The molecule has 0 spiro atoms. The van der Waals surface area contributed by atoms with E-state index in [1.807, 2.05) is 18.2 Å². The van der Waals surface area contributed by atoms with Crippen molar-refractivity contribution in [3.8, 4) is 5.69 Å². The number of carbonyl (C=O) groups excluding carboxylic acids is 1. The number of rotatable bonds is 4. The van der Waals surface area contributed by atoms with Crippen molar-refractivity contribution in [1.29, 1.82) is 0 Å². The highest BCUT2D eigenvalue weighted by Crippen LogP contribution is 2.25. The molecule has 0 bridgehead atoms. The number of aromatic nitrogens is 4. The zero-order valence-corrected chi connectivity index (χ0v) is 13.0. The summed E-state index contributed by atoms with van der Waals surface area (Å²) in [5.74, 6) is -0.416. The lowest BCUT2D eigenvalue weighted by Crippen LogP contribution is -2.09. The summed E-state index contributed by atoms with van der Waals surface area (Å²) in [7, 11) is 0. The maximum absolute atomic E-state index is 12.2. The number of carbonyl (C=O) groups is 1. The molecule has 116 valence electrons. The van der Waals surface area contributed by atoms with E-state index >= 15 is 0 Å². The number of nitrogens with zero attached hydrogens (tertiary/aromatic N) is 4. The fraction of sp³-hybridized carbons (Fsp3) is 0.125. The van der Waals surface area contributed by atoms with Crippen LogP contribution in [-0.4, -0.2) is 26.2 Å². The molecule has 0 unspecified atom stereocenters.